The van der Waals surface area contributed by atoms with Crippen LogP contribution in [0.1, 0.15) is 27.6 Å². The Morgan fingerprint density at radius 1 is 0.958 bits per heavy atom. The van der Waals surface area contributed by atoms with Gasteiger partial charge in [0.25, 0.3) is 0 Å². The Labute approximate surface area is 152 Å². The number of aryl methyl sites for hydroxylation is 2. The molecule has 1 heterocycles. The van der Waals surface area contributed by atoms with Gasteiger partial charge in [0.1, 0.15) is 0 Å². The third-order valence-electron chi connectivity index (χ3n) is 3.79. The molecule has 0 saturated carbocycles. The number of thiocarbonyl (C=S) groups is 1. The van der Waals surface area contributed by atoms with Crippen molar-refractivity contribution in [2.24, 2.45) is 0 Å². The van der Waals surface area contributed by atoms with Gasteiger partial charge in [-0.1, -0.05) is 48.0 Å². The Morgan fingerprint density at radius 3 is 2.42 bits per heavy atom. The Balaban J connectivity index is 1.79. The molecule has 2 nitrogen and oxygen atoms in total. The summed E-state index contributed by atoms with van der Waals surface area (Å²) in [7, 11) is 0. The second-order valence-electron chi connectivity index (χ2n) is 5.83. The van der Waals surface area contributed by atoms with E-state index in [1.807, 2.05) is 12.1 Å². The Morgan fingerprint density at radius 2 is 1.75 bits per heavy atom. The molecular formula is C20H20N2S2. The molecule has 1 aromatic heterocycles. The van der Waals surface area contributed by atoms with E-state index < -0.39 is 0 Å². The molecule has 0 amide bonds. The van der Waals surface area contributed by atoms with Crippen LogP contribution in [-0.4, -0.2) is 5.11 Å². The van der Waals surface area contributed by atoms with Crippen LogP contribution in [0.15, 0.2) is 66.0 Å². The van der Waals surface area contributed by atoms with E-state index in [4.69, 9.17) is 12.2 Å². The highest BCUT2D eigenvalue weighted by molar-refractivity contribution is 7.80. The van der Waals surface area contributed by atoms with Crippen LogP contribution in [0.4, 0.5) is 5.69 Å². The summed E-state index contributed by atoms with van der Waals surface area (Å²) >= 11 is 7.27. The number of thiophene rings is 1. The molecule has 0 aliphatic rings. The summed E-state index contributed by atoms with van der Waals surface area (Å²) in [5, 5.41) is 9.45. The first-order valence-electron chi connectivity index (χ1n) is 7.86. The number of nitrogens with one attached hydrogen (secondary N) is 2. The van der Waals surface area contributed by atoms with E-state index in [1.165, 1.54) is 21.6 Å². The zero-order valence-electron chi connectivity index (χ0n) is 13.7. The number of anilines is 1. The van der Waals surface area contributed by atoms with Crippen molar-refractivity contribution >= 4 is 34.4 Å². The van der Waals surface area contributed by atoms with Crippen LogP contribution >= 0.6 is 23.6 Å². The first-order chi connectivity index (χ1) is 11.6. The van der Waals surface area contributed by atoms with Gasteiger partial charge in [-0.2, -0.15) is 0 Å². The van der Waals surface area contributed by atoms with Gasteiger partial charge in [-0.05, 0) is 60.8 Å². The fourth-order valence-electron chi connectivity index (χ4n) is 2.55. The number of hydrogen-bond donors (Lipinski definition) is 2. The molecule has 2 N–H and O–H groups in total. The summed E-state index contributed by atoms with van der Waals surface area (Å²) in [5.41, 5.74) is 4.66. The van der Waals surface area contributed by atoms with E-state index in [-0.39, 0.29) is 6.04 Å². The SMILES string of the molecule is Cc1ccc([C@H](NC(=S)Nc2cccc(C)c2)c2cccs2)cc1. The molecule has 0 fully saturated rings. The first kappa shape index (κ1) is 16.7. The van der Waals surface area contributed by atoms with E-state index in [1.54, 1.807) is 11.3 Å². The topological polar surface area (TPSA) is 24.1 Å². The first-order valence-corrected chi connectivity index (χ1v) is 9.15. The molecule has 24 heavy (non-hydrogen) atoms. The van der Waals surface area contributed by atoms with Crippen molar-refractivity contribution in [3.63, 3.8) is 0 Å². The highest BCUT2D eigenvalue weighted by Crippen LogP contribution is 2.26. The maximum Gasteiger partial charge on any atom is 0.171 e. The van der Waals surface area contributed by atoms with Gasteiger partial charge in [-0.15, -0.1) is 11.3 Å². The minimum Gasteiger partial charge on any atom is -0.351 e. The average molecular weight is 353 g/mol. The Bertz CT molecular complexity index is 808. The molecule has 0 saturated heterocycles. The standard InChI is InChI=1S/C20H20N2S2/c1-14-8-10-16(11-9-14)19(18-7-4-12-24-18)22-20(23)21-17-6-3-5-15(2)13-17/h3-13,19H,1-2H3,(H2,21,22,23)/t19-/m0/s1. The van der Waals surface area contributed by atoms with E-state index in [0.717, 1.165) is 5.69 Å². The number of benzene rings is 2. The average Bonchev–Trinajstić information content (AvgIpc) is 3.08. The molecule has 0 bridgehead atoms. The second-order valence-corrected chi connectivity index (χ2v) is 7.21. The van der Waals surface area contributed by atoms with Crippen molar-refractivity contribution in [3.8, 4) is 0 Å². The van der Waals surface area contributed by atoms with Crippen LogP contribution in [0.3, 0.4) is 0 Å². The molecule has 0 radical (unpaired) electrons. The Hall–Kier alpha value is -2.17. The lowest BCUT2D eigenvalue weighted by molar-refractivity contribution is 0.784. The number of hydrogen-bond acceptors (Lipinski definition) is 2. The number of rotatable bonds is 4. The maximum absolute atomic E-state index is 5.54. The molecule has 0 unspecified atom stereocenters. The third kappa shape index (κ3) is 4.22. The minimum absolute atomic E-state index is 0.0513. The molecule has 4 heteroatoms. The minimum atomic E-state index is 0.0513. The van der Waals surface area contributed by atoms with Gasteiger partial charge < -0.3 is 10.6 Å². The maximum atomic E-state index is 5.54. The van der Waals surface area contributed by atoms with Crippen LogP contribution in [0.25, 0.3) is 0 Å². The van der Waals surface area contributed by atoms with Gasteiger partial charge in [0.05, 0.1) is 6.04 Å². The smallest absolute Gasteiger partial charge is 0.171 e. The van der Waals surface area contributed by atoms with Crippen molar-refractivity contribution in [1.82, 2.24) is 5.32 Å². The predicted molar refractivity (Wildman–Crippen MR) is 108 cm³/mol. The highest BCUT2D eigenvalue weighted by atomic mass is 32.1. The largest absolute Gasteiger partial charge is 0.351 e. The Kier molecular flexibility index (Phi) is 5.28. The fraction of sp³-hybridized carbons (Fsp3) is 0.150. The summed E-state index contributed by atoms with van der Waals surface area (Å²) in [6.45, 7) is 4.17. The van der Waals surface area contributed by atoms with Gasteiger partial charge in [-0.3, -0.25) is 0 Å². The molecule has 1 atom stereocenters. The van der Waals surface area contributed by atoms with E-state index in [0.29, 0.717) is 5.11 Å². The molecule has 3 aromatic rings. The molecule has 0 aliphatic carbocycles. The summed E-state index contributed by atoms with van der Waals surface area (Å²) in [4.78, 5) is 1.24. The lowest BCUT2D eigenvalue weighted by Gasteiger charge is -2.21. The molecule has 3 rings (SSSR count). The monoisotopic (exact) mass is 352 g/mol. The molecule has 122 valence electrons. The summed E-state index contributed by atoms with van der Waals surface area (Å²) in [6, 6.07) is 21.0. The van der Waals surface area contributed by atoms with Crippen molar-refractivity contribution < 1.29 is 0 Å². The molecule has 2 aromatic carbocycles. The van der Waals surface area contributed by atoms with E-state index in [2.05, 4.69) is 78.4 Å². The predicted octanol–water partition coefficient (Wildman–Crippen LogP) is 5.44. The van der Waals surface area contributed by atoms with Gasteiger partial charge >= 0.3 is 0 Å². The van der Waals surface area contributed by atoms with Crippen molar-refractivity contribution in [1.29, 1.82) is 0 Å². The molecular weight excluding hydrogens is 332 g/mol. The lowest BCUT2D eigenvalue weighted by Crippen LogP contribution is -2.32. The summed E-state index contributed by atoms with van der Waals surface area (Å²) < 4.78 is 0. The van der Waals surface area contributed by atoms with Crippen molar-refractivity contribution in [2.75, 3.05) is 5.32 Å². The van der Waals surface area contributed by atoms with Crippen molar-refractivity contribution in [3.05, 3.63) is 87.6 Å². The van der Waals surface area contributed by atoms with Crippen LogP contribution in [0.5, 0.6) is 0 Å². The summed E-state index contributed by atoms with van der Waals surface area (Å²) in [6.07, 6.45) is 0. The van der Waals surface area contributed by atoms with Gasteiger partial charge in [0, 0.05) is 10.6 Å². The normalized spacial score (nSPS) is 11.8. The van der Waals surface area contributed by atoms with Crippen molar-refractivity contribution in [2.45, 2.75) is 19.9 Å². The van der Waals surface area contributed by atoms with Gasteiger partial charge in [0.15, 0.2) is 5.11 Å². The van der Waals surface area contributed by atoms with Crippen LogP contribution in [-0.2, 0) is 0 Å². The third-order valence-corrected chi connectivity index (χ3v) is 4.95. The molecule has 0 aliphatic heterocycles. The van der Waals surface area contributed by atoms with Gasteiger partial charge in [0.2, 0.25) is 0 Å². The second kappa shape index (κ2) is 7.60. The van der Waals surface area contributed by atoms with Crippen LogP contribution in [0, 0.1) is 13.8 Å². The fourth-order valence-corrected chi connectivity index (χ4v) is 3.59. The lowest BCUT2D eigenvalue weighted by atomic mass is 10.0. The zero-order chi connectivity index (χ0) is 16.9. The zero-order valence-corrected chi connectivity index (χ0v) is 15.4. The molecule has 0 spiro atoms. The highest BCUT2D eigenvalue weighted by Gasteiger charge is 2.16. The summed E-state index contributed by atoms with van der Waals surface area (Å²) in [5.74, 6) is 0. The van der Waals surface area contributed by atoms with E-state index >= 15 is 0 Å². The van der Waals surface area contributed by atoms with Crippen LogP contribution in [0.2, 0.25) is 0 Å². The van der Waals surface area contributed by atoms with Gasteiger partial charge in [-0.25, -0.2) is 0 Å². The van der Waals surface area contributed by atoms with Crippen LogP contribution < -0.4 is 10.6 Å². The van der Waals surface area contributed by atoms with E-state index in [9.17, 15) is 0 Å². The quantitative estimate of drug-likeness (QED) is 0.611.